The Labute approximate surface area is 138 Å². The predicted molar refractivity (Wildman–Crippen MR) is 88.2 cm³/mol. The third-order valence-electron chi connectivity index (χ3n) is 3.55. The van der Waals surface area contributed by atoms with Crippen LogP contribution in [0.5, 0.6) is 0 Å². The van der Waals surface area contributed by atoms with Gasteiger partial charge in [0.15, 0.2) is 0 Å². The van der Waals surface area contributed by atoms with Crippen molar-refractivity contribution in [3.63, 3.8) is 0 Å². The van der Waals surface area contributed by atoms with Crippen molar-refractivity contribution in [2.75, 3.05) is 13.2 Å². The van der Waals surface area contributed by atoms with E-state index in [4.69, 9.17) is 16.3 Å². The first-order chi connectivity index (χ1) is 10.7. The van der Waals surface area contributed by atoms with Gasteiger partial charge in [0.25, 0.3) is 0 Å². The summed E-state index contributed by atoms with van der Waals surface area (Å²) in [6.07, 6.45) is 2.55. The standard InChI is InChI=1S/C16H17ClN2O2S/c17-14-6-2-1-5-13(14)16-19-11(10-22-16)8-15(20)18-9-12-4-3-7-21-12/h1-2,5-6,10,12H,3-4,7-9H2,(H,18,20). The van der Waals surface area contributed by atoms with Crippen molar-refractivity contribution in [3.8, 4) is 10.6 Å². The molecular weight excluding hydrogens is 320 g/mol. The average molecular weight is 337 g/mol. The maximum Gasteiger partial charge on any atom is 0.226 e. The van der Waals surface area contributed by atoms with Gasteiger partial charge >= 0.3 is 0 Å². The summed E-state index contributed by atoms with van der Waals surface area (Å²) in [6.45, 7) is 1.38. The fraction of sp³-hybridized carbons (Fsp3) is 0.375. The molecular formula is C16H17ClN2O2S. The van der Waals surface area contributed by atoms with Crippen molar-refractivity contribution in [1.82, 2.24) is 10.3 Å². The lowest BCUT2D eigenvalue weighted by molar-refractivity contribution is -0.121. The van der Waals surface area contributed by atoms with Gasteiger partial charge in [0.2, 0.25) is 5.91 Å². The molecule has 1 aliphatic heterocycles. The van der Waals surface area contributed by atoms with Gasteiger partial charge in [-0.2, -0.15) is 0 Å². The van der Waals surface area contributed by atoms with Crippen LogP contribution in [0.4, 0.5) is 0 Å². The molecule has 1 amide bonds. The molecule has 1 atom stereocenters. The maximum absolute atomic E-state index is 12.0. The first-order valence-electron chi connectivity index (χ1n) is 7.30. The Bertz CT molecular complexity index is 653. The summed E-state index contributed by atoms with van der Waals surface area (Å²) in [6, 6.07) is 7.59. The van der Waals surface area contributed by atoms with Crippen LogP contribution in [-0.4, -0.2) is 30.1 Å². The summed E-state index contributed by atoms with van der Waals surface area (Å²) in [5.74, 6) is -0.0218. The minimum Gasteiger partial charge on any atom is -0.376 e. The molecule has 0 saturated carbocycles. The van der Waals surface area contributed by atoms with Gasteiger partial charge in [0.1, 0.15) is 5.01 Å². The number of hydrogen-bond acceptors (Lipinski definition) is 4. The molecule has 2 heterocycles. The summed E-state index contributed by atoms with van der Waals surface area (Å²) >= 11 is 7.67. The van der Waals surface area contributed by atoms with Gasteiger partial charge in [0.05, 0.1) is 23.2 Å². The van der Waals surface area contributed by atoms with E-state index in [1.165, 1.54) is 11.3 Å². The molecule has 1 N–H and O–H groups in total. The lowest BCUT2D eigenvalue weighted by atomic mass is 10.2. The minimum absolute atomic E-state index is 0.0218. The SMILES string of the molecule is O=C(Cc1csc(-c2ccccc2Cl)n1)NCC1CCCO1. The molecule has 1 aliphatic rings. The number of carbonyl (C=O) groups excluding carboxylic acids is 1. The first-order valence-corrected chi connectivity index (χ1v) is 8.56. The Kier molecular flexibility index (Phi) is 5.08. The van der Waals surface area contributed by atoms with E-state index in [0.29, 0.717) is 11.6 Å². The Hall–Kier alpha value is -1.43. The quantitative estimate of drug-likeness (QED) is 0.911. The summed E-state index contributed by atoms with van der Waals surface area (Å²) in [5, 5.41) is 6.33. The molecule has 0 spiro atoms. The maximum atomic E-state index is 12.0. The topological polar surface area (TPSA) is 51.2 Å². The van der Waals surface area contributed by atoms with E-state index in [1.807, 2.05) is 29.6 Å². The third kappa shape index (κ3) is 3.85. The monoisotopic (exact) mass is 336 g/mol. The van der Waals surface area contributed by atoms with Crippen molar-refractivity contribution in [2.24, 2.45) is 0 Å². The fourth-order valence-electron chi connectivity index (χ4n) is 2.41. The second-order valence-electron chi connectivity index (χ2n) is 5.24. The lowest BCUT2D eigenvalue weighted by Crippen LogP contribution is -2.32. The zero-order valence-corrected chi connectivity index (χ0v) is 13.6. The molecule has 0 bridgehead atoms. The second kappa shape index (κ2) is 7.22. The number of rotatable bonds is 5. The minimum atomic E-state index is -0.0218. The van der Waals surface area contributed by atoms with Gasteiger partial charge in [-0.3, -0.25) is 4.79 Å². The molecule has 2 aromatic rings. The van der Waals surface area contributed by atoms with Crippen molar-refractivity contribution in [2.45, 2.75) is 25.4 Å². The van der Waals surface area contributed by atoms with Gasteiger partial charge in [0, 0.05) is 24.1 Å². The molecule has 1 fully saturated rings. The van der Waals surface area contributed by atoms with Crippen LogP contribution < -0.4 is 5.32 Å². The van der Waals surface area contributed by atoms with E-state index in [1.54, 1.807) is 0 Å². The summed E-state index contributed by atoms with van der Waals surface area (Å²) < 4.78 is 5.49. The Morgan fingerprint density at radius 3 is 3.09 bits per heavy atom. The number of nitrogens with one attached hydrogen (secondary N) is 1. The lowest BCUT2D eigenvalue weighted by Gasteiger charge is -2.09. The Morgan fingerprint density at radius 1 is 1.45 bits per heavy atom. The highest BCUT2D eigenvalue weighted by atomic mass is 35.5. The number of thiazole rings is 1. The number of carbonyl (C=O) groups is 1. The van der Waals surface area contributed by atoms with Gasteiger partial charge in [-0.15, -0.1) is 11.3 Å². The third-order valence-corrected chi connectivity index (χ3v) is 4.80. The van der Waals surface area contributed by atoms with E-state index in [2.05, 4.69) is 10.3 Å². The number of amides is 1. The molecule has 1 aromatic carbocycles. The van der Waals surface area contributed by atoms with E-state index in [-0.39, 0.29) is 18.4 Å². The van der Waals surface area contributed by atoms with Crippen LogP contribution in [0.3, 0.4) is 0 Å². The van der Waals surface area contributed by atoms with Crippen LogP contribution >= 0.6 is 22.9 Å². The number of halogens is 1. The summed E-state index contributed by atoms with van der Waals surface area (Å²) in [4.78, 5) is 16.5. The summed E-state index contributed by atoms with van der Waals surface area (Å²) in [5.41, 5.74) is 1.67. The second-order valence-corrected chi connectivity index (χ2v) is 6.51. The highest BCUT2D eigenvalue weighted by Gasteiger charge is 2.17. The Balaban J connectivity index is 1.57. The van der Waals surface area contributed by atoms with E-state index < -0.39 is 0 Å². The van der Waals surface area contributed by atoms with Crippen LogP contribution in [0.2, 0.25) is 5.02 Å². The van der Waals surface area contributed by atoms with E-state index >= 15 is 0 Å². The number of nitrogens with zero attached hydrogens (tertiary/aromatic N) is 1. The molecule has 3 rings (SSSR count). The normalized spacial score (nSPS) is 17.6. The molecule has 4 nitrogen and oxygen atoms in total. The molecule has 0 radical (unpaired) electrons. The first kappa shape index (κ1) is 15.5. The molecule has 1 aromatic heterocycles. The van der Waals surface area contributed by atoms with Crippen molar-refractivity contribution in [1.29, 1.82) is 0 Å². The van der Waals surface area contributed by atoms with Crippen LogP contribution in [-0.2, 0) is 16.0 Å². The molecule has 1 saturated heterocycles. The van der Waals surface area contributed by atoms with Gasteiger partial charge in [-0.05, 0) is 18.9 Å². The molecule has 116 valence electrons. The van der Waals surface area contributed by atoms with Crippen LogP contribution in [0.15, 0.2) is 29.6 Å². The number of benzene rings is 1. The average Bonchev–Trinajstić information content (AvgIpc) is 3.17. The molecule has 0 aliphatic carbocycles. The van der Waals surface area contributed by atoms with Crippen molar-refractivity contribution < 1.29 is 9.53 Å². The molecule has 1 unspecified atom stereocenters. The zero-order chi connectivity index (χ0) is 15.4. The molecule has 6 heteroatoms. The van der Waals surface area contributed by atoms with Crippen LogP contribution in [0.1, 0.15) is 18.5 Å². The zero-order valence-electron chi connectivity index (χ0n) is 12.0. The van der Waals surface area contributed by atoms with Crippen LogP contribution in [0.25, 0.3) is 10.6 Å². The largest absolute Gasteiger partial charge is 0.376 e. The summed E-state index contributed by atoms with van der Waals surface area (Å²) in [7, 11) is 0. The highest BCUT2D eigenvalue weighted by Crippen LogP contribution is 2.30. The van der Waals surface area contributed by atoms with Gasteiger partial charge in [-0.1, -0.05) is 29.8 Å². The Morgan fingerprint density at radius 2 is 2.32 bits per heavy atom. The number of aromatic nitrogens is 1. The van der Waals surface area contributed by atoms with E-state index in [9.17, 15) is 4.79 Å². The van der Waals surface area contributed by atoms with Crippen LogP contribution in [0, 0.1) is 0 Å². The fourth-order valence-corrected chi connectivity index (χ4v) is 3.55. The number of hydrogen-bond donors (Lipinski definition) is 1. The molecule has 22 heavy (non-hydrogen) atoms. The highest BCUT2D eigenvalue weighted by molar-refractivity contribution is 7.13. The van der Waals surface area contributed by atoms with Gasteiger partial charge < -0.3 is 10.1 Å². The van der Waals surface area contributed by atoms with Crippen molar-refractivity contribution in [3.05, 3.63) is 40.4 Å². The predicted octanol–water partition coefficient (Wildman–Crippen LogP) is 3.30. The van der Waals surface area contributed by atoms with Crippen molar-refractivity contribution >= 4 is 28.8 Å². The van der Waals surface area contributed by atoms with E-state index in [0.717, 1.165) is 35.7 Å². The smallest absolute Gasteiger partial charge is 0.226 e. The van der Waals surface area contributed by atoms with Gasteiger partial charge in [-0.25, -0.2) is 4.98 Å². The number of ether oxygens (including phenoxy) is 1.